The van der Waals surface area contributed by atoms with Crippen LogP contribution in [0.1, 0.15) is 19.8 Å². The summed E-state index contributed by atoms with van der Waals surface area (Å²) >= 11 is 0. The first-order chi connectivity index (χ1) is 10.9. The number of hydrogen-bond donors (Lipinski definition) is 2. The fourth-order valence-corrected chi connectivity index (χ4v) is 2.58. The highest BCUT2D eigenvalue weighted by Crippen LogP contribution is 2.27. The third-order valence-corrected chi connectivity index (χ3v) is 3.79. The average Bonchev–Trinajstić information content (AvgIpc) is 2.86. The Labute approximate surface area is 133 Å². The third kappa shape index (κ3) is 4.28. The normalized spacial score (nSPS) is 18.8. The molecule has 2 amide bonds. The van der Waals surface area contributed by atoms with Crippen molar-refractivity contribution in [3.05, 3.63) is 30.1 Å². The van der Waals surface area contributed by atoms with Gasteiger partial charge in [-0.2, -0.15) is 0 Å². The highest BCUT2D eigenvalue weighted by Gasteiger charge is 2.36. The van der Waals surface area contributed by atoms with Gasteiger partial charge in [0.1, 0.15) is 5.82 Å². The van der Waals surface area contributed by atoms with Gasteiger partial charge in [-0.3, -0.25) is 14.4 Å². The molecule has 0 bridgehead atoms. The highest BCUT2D eigenvalue weighted by atomic mass is 19.1. The summed E-state index contributed by atoms with van der Waals surface area (Å²) in [6.07, 6.45) is -0.0152. The molecule has 23 heavy (non-hydrogen) atoms. The minimum atomic E-state index is -0.923. The van der Waals surface area contributed by atoms with Crippen molar-refractivity contribution in [1.29, 1.82) is 0 Å². The number of halogens is 1. The zero-order valence-electron chi connectivity index (χ0n) is 12.8. The number of rotatable bonds is 6. The fraction of sp³-hybridized carbons (Fsp3) is 0.438. The lowest BCUT2D eigenvalue weighted by Crippen LogP contribution is -2.35. The number of carboxylic acids is 1. The van der Waals surface area contributed by atoms with Crippen LogP contribution in [0, 0.1) is 17.7 Å². The first-order valence-corrected chi connectivity index (χ1v) is 7.43. The summed E-state index contributed by atoms with van der Waals surface area (Å²) in [7, 11) is 0. The molecule has 1 saturated heterocycles. The summed E-state index contributed by atoms with van der Waals surface area (Å²) in [4.78, 5) is 36.0. The van der Waals surface area contributed by atoms with Crippen molar-refractivity contribution in [2.24, 2.45) is 11.8 Å². The van der Waals surface area contributed by atoms with E-state index in [9.17, 15) is 18.8 Å². The second kappa shape index (κ2) is 7.21. The van der Waals surface area contributed by atoms with Crippen molar-refractivity contribution in [2.75, 3.05) is 18.0 Å². The fourth-order valence-electron chi connectivity index (χ4n) is 2.58. The van der Waals surface area contributed by atoms with E-state index < -0.39 is 17.7 Å². The molecule has 2 rings (SSSR count). The molecule has 124 valence electrons. The zero-order chi connectivity index (χ0) is 17.0. The first-order valence-electron chi connectivity index (χ1n) is 7.43. The van der Waals surface area contributed by atoms with Crippen LogP contribution in [0.3, 0.4) is 0 Å². The van der Waals surface area contributed by atoms with E-state index in [2.05, 4.69) is 5.32 Å². The molecule has 0 aliphatic carbocycles. The predicted molar refractivity (Wildman–Crippen MR) is 81.3 cm³/mol. The van der Waals surface area contributed by atoms with Crippen molar-refractivity contribution < 1.29 is 23.9 Å². The quantitative estimate of drug-likeness (QED) is 0.829. The van der Waals surface area contributed by atoms with Crippen LogP contribution in [0.25, 0.3) is 0 Å². The summed E-state index contributed by atoms with van der Waals surface area (Å²) in [5.41, 5.74) is 0.173. The molecule has 1 fully saturated rings. The number of aliphatic carboxylic acids is 1. The van der Waals surface area contributed by atoms with Gasteiger partial charge in [0.15, 0.2) is 0 Å². The Hall–Kier alpha value is -2.44. The Balaban J connectivity index is 1.93. The van der Waals surface area contributed by atoms with Gasteiger partial charge in [0.25, 0.3) is 0 Å². The number of amides is 2. The Morgan fingerprint density at radius 3 is 2.78 bits per heavy atom. The molecule has 6 nitrogen and oxygen atoms in total. The summed E-state index contributed by atoms with van der Waals surface area (Å²) in [6.45, 7) is 2.08. The van der Waals surface area contributed by atoms with Gasteiger partial charge in [-0.15, -0.1) is 0 Å². The van der Waals surface area contributed by atoms with Gasteiger partial charge in [-0.1, -0.05) is 19.1 Å². The van der Waals surface area contributed by atoms with Crippen LogP contribution in [0.2, 0.25) is 0 Å². The number of anilines is 1. The number of nitrogens with one attached hydrogen (secondary N) is 1. The van der Waals surface area contributed by atoms with Crippen LogP contribution in [-0.2, 0) is 14.4 Å². The SMILES string of the molecule is CC(CNC(=O)C1CC(=O)N(c2ccccc2F)C1)CC(=O)O. The number of carbonyl (C=O) groups is 3. The molecule has 0 aromatic heterocycles. The van der Waals surface area contributed by atoms with E-state index >= 15 is 0 Å². The largest absolute Gasteiger partial charge is 0.481 e. The van der Waals surface area contributed by atoms with E-state index in [0.29, 0.717) is 0 Å². The van der Waals surface area contributed by atoms with E-state index in [4.69, 9.17) is 5.11 Å². The molecular weight excluding hydrogens is 303 g/mol. The molecule has 2 atom stereocenters. The predicted octanol–water partition coefficient (Wildman–Crippen LogP) is 1.41. The lowest BCUT2D eigenvalue weighted by molar-refractivity contribution is -0.138. The maximum Gasteiger partial charge on any atom is 0.303 e. The molecule has 1 aliphatic heterocycles. The minimum Gasteiger partial charge on any atom is -0.481 e. The number of nitrogens with zero attached hydrogens (tertiary/aromatic N) is 1. The van der Waals surface area contributed by atoms with E-state index in [0.717, 1.165) is 0 Å². The average molecular weight is 322 g/mol. The third-order valence-electron chi connectivity index (χ3n) is 3.79. The van der Waals surface area contributed by atoms with Gasteiger partial charge >= 0.3 is 5.97 Å². The van der Waals surface area contributed by atoms with Crippen molar-refractivity contribution in [2.45, 2.75) is 19.8 Å². The number of hydrogen-bond acceptors (Lipinski definition) is 3. The molecule has 1 heterocycles. The Kier molecular flexibility index (Phi) is 5.31. The van der Waals surface area contributed by atoms with Crippen LogP contribution in [0.5, 0.6) is 0 Å². The van der Waals surface area contributed by atoms with Crippen molar-refractivity contribution in [3.8, 4) is 0 Å². The van der Waals surface area contributed by atoms with Crippen LogP contribution in [0.4, 0.5) is 10.1 Å². The maximum atomic E-state index is 13.8. The van der Waals surface area contributed by atoms with E-state index in [1.54, 1.807) is 13.0 Å². The molecular formula is C16H19FN2O4. The lowest BCUT2D eigenvalue weighted by atomic mass is 10.1. The van der Waals surface area contributed by atoms with E-state index in [1.165, 1.54) is 23.1 Å². The Morgan fingerprint density at radius 1 is 1.43 bits per heavy atom. The van der Waals surface area contributed by atoms with Crippen LogP contribution in [0.15, 0.2) is 24.3 Å². The van der Waals surface area contributed by atoms with Gasteiger partial charge in [-0.25, -0.2) is 4.39 Å². The molecule has 0 spiro atoms. The van der Waals surface area contributed by atoms with E-state index in [-0.39, 0.29) is 49.4 Å². The molecule has 0 saturated carbocycles. The van der Waals surface area contributed by atoms with Gasteiger partial charge < -0.3 is 15.3 Å². The van der Waals surface area contributed by atoms with Gasteiger partial charge in [0.2, 0.25) is 11.8 Å². The second-order valence-corrected chi connectivity index (χ2v) is 5.80. The zero-order valence-corrected chi connectivity index (χ0v) is 12.8. The molecule has 1 aromatic carbocycles. The van der Waals surface area contributed by atoms with Crippen molar-refractivity contribution in [1.82, 2.24) is 5.32 Å². The summed E-state index contributed by atoms with van der Waals surface area (Å²) in [5, 5.41) is 11.3. The molecule has 0 radical (unpaired) electrons. The molecule has 1 aliphatic rings. The molecule has 2 N–H and O–H groups in total. The topological polar surface area (TPSA) is 86.7 Å². The smallest absolute Gasteiger partial charge is 0.303 e. The summed E-state index contributed by atoms with van der Waals surface area (Å²) < 4.78 is 13.8. The monoisotopic (exact) mass is 322 g/mol. The summed E-state index contributed by atoms with van der Waals surface area (Å²) in [6, 6.07) is 5.94. The standard InChI is InChI=1S/C16H19FN2O4/c1-10(6-15(21)22)8-18-16(23)11-7-14(20)19(9-11)13-5-3-2-4-12(13)17/h2-5,10-11H,6-9H2,1H3,(H,18,23)(H,21,22). The molecule has 1 aromatic rings. The number of carbonyl (C=O) groups excluding carboxylic acids is 2. The maximum absolute atomic E-state index is 13.8. The van der Waals surface area contributed by atoms with Gasteiger partial charge in [0, 0.05) is 25.9 Å². The number of carboxylic acid groups (broad SMARTS) is 1. The van der Waals surface area contributed by atoms with Crippen LogP contribution in [-0.4, -0.2) is 36.0 Å². The van der Waals surface area contributed by atoms with Crippen LogP contribution < -0.4 is 10.2 Å². The summed E-state index contributed by atoms with van der Waals surface area (Å²) in [5.74, 6) is -2.79. The second-order valence-electron chi connectivity index (χ2n) is 5.80. The first kappa shape index (κ1) is 16.9. The van der Waals surface area contributed by atoms with Crippen LogP contribution >= 0.6 is 0 Å². The van der Waals surface area contributed by atoms with Gasteiger partial charge in [0.05, 0.1) is 11.6 Å². The number of benzene rings is 1. The molecule has 7 heteroatoms. The Morgan fingerprint density at radius 2 is 2.13 bits per heavy atom. The minimum absolute atomic E-state index is 0.0213. The van der Waals surface area contributed by atoms with Crippen molar-refractivity contribution >= 4 is 23.5 Å². The molecule has 2 unspecified atom stereocenters. The van der Waals surface area contributed by atoms with E-state index in [1.807, 2.05) is 0 Å². The van der Waals surface area contributed by atoms with Gasteiger partial charge in [-0.05, 0) is 18.1 Å². The Bertz CT molecular complexity index is 620. The van der Waals surface area contributed by atoms with Crippen molar-refractivity contribution in [3.63, 3.8) is 0 Å². The number of para-hydroxylation sites is 1. The lowest BCUT2D eigenvalue weighted by Gasteiger charge is -2.17. The highest BCUT2D eigenvalue weighted by molar-refractivity contribution is 6.00.